The molecule has 0 aromatic heterocycles. The fourth-order valence-corrected chi connectivity index (χ4v) is 3.56. The molecular weight excluding hydrogens is 314 g/mol. The van der Waals surface area contributed by atoms with Crippen LogP contribution >= 0.6 is 0 Å². The van der Waals surface area contributed by atoms with E-state index in [1.165, 1.54) is 12.1 Å². The van der Waals surface area contributed by atoms with Gasteiger partial charge in [-0.25, -0.2) is 13.6 Å². The molecule has 24 heavy (non-hydrogen) atoms. The Balaban J connectivity index is 2.24. The van der Waals surface area contributed by atoms with Gasteiger partial charge >= 0.3 is 5.97 Å². The van der Waals surface area contributed by atoms with E-state index in [9.17, 15) is 23.8 Å². The Morgan fingerprint density at radius 1 is 1.12 bits per heavy atom. The number of carboxylic acid groups (broad SMARTS) is 1. The van der Waals surface area contributed by atoms with Crippen molar-refractivity contribution in [1.82, 2.24) is 0 Å². The summed E-state index contributed by atoms with van der Waals surface area (Å²) < 4.78 is 27.3. The lowest BCUT2D eigenvalue weighted by Gasteiger charge is -2.26. The Bertz CT molecular complexity index is 808. The molecule has 0 amide bonds. The second kappa shape index (κ2) is 5.89. The first kappa shape index (κ1) is 16.4. The van der Waals surface area contributed by atoms with Crippen molar-refractivity contribution < 1.29 is 23.8 Å². The number of hydrogen-bond acceptors (Lipinski definition) is 2. The van der Waals surface area contributed by atoms with Crippen LogP contribution in [0.2, 0.25) is 0 Å². The minimum absolute atomic E-state index is 0.113. The van der Waals surface area contributed by atoms with E-state index >= 15 is 0 Å². The van der Waals surface area contributed by atoms with Crippen LogP contribution in [0.5, 0.6) is 5.75 Å². The average molecular weight is 332 g/mol. The lowest BCUT2D eigenvalue weighted by Crippen LogP contribution is -2.18. The van der Waals surface area contributed by atoms with Crippen LogP contribution in [0.15, 0.2) is 30.3 Å². The van der Waals surface area contributed by atoms with Crippen molar-refractivity contribution in [3.8, 4) is 16.9 Å². The third-order valence-electron chi connectivity index (χ3n) is 4.94. The Kier molecular flexibility index (Phi) is 4.03. The van der Waals surface area contributed by atoms with Crippen LogP contribution in [0.4, 0.5) is 8.78 Å². The molecule has 2 aromatic carbocycles. The number of aromatic hydroxyl groups is 1. The van der Waals surface area contributed by atoms with Crippen molar-refractivity contribution in [2.75, 3.05) is 0 Å². The number of benzene rings is 2. The van der Waals surface area contributed by atoms with Gasteiger partial charge in [-0.05, 0) is 48.1 Å². The molecule has 0 unspecified atom stereocenters. The van der Waals surface area contributed by atoms with E-state index in [-0.39, 0.29) is 22.3 Å². The number of halogens is 2. The fourth-order valence-electron chi connectivity index (χ4n) is 3.56. The van der Waals surface area contributed by atoms with Gasteiger partial charge in [0, 0.05) is 17.2 Å². The third kappa shape index (κ3) is 2.75. The second-order valence-electron chi connectivity index (χ2n) is 6.62. The summed E-state index contributed by atoms with van der Waals surface area (Å²) in [6.45, 7) is 1.98. The van der Waals surface area contributed by atoms with Crippen molar-refractivity contribution in [3.05, 3.63) is 53.1 Å². The largest absolute Gasteiger partial charge is 0.507 e. The average Bonchev–Trinajstić information content (AvgIpc) is 2.95. The molecule has 0 bridgehead atoms. The van der Waals surface area contributed by atoms with Gasteiger partial charge in [-0.15, -0.1) is 0 Å². The molecule has 126 valence electrons. The molecule has 2 aromatic rings. The molecule has 2 N–H and O–H groups in total. The summed E-state index contributed by atoms with van der Waals surface area (Å²) in [7, 11) is 0. The number of phenols is 1. The van der Waals surface area contributed by atoms with Crippen molar-refractivity contribution in [2.45, 2.75) is 38.0 Å². The van der Waals surface area contributed by atoms with E-state index in [0.29, 0.717) is 11.1 Å². The first-order valence-corrected chi connectivity index (χ1v) is 7.88. The molecule has 3 nitrogen and oxygen atoms in total. The van der Waals surface area contributed by atoms with E-state index < -0.39 is 17.6 Å². The Morgan fingerprint density at radius 3 is 2.38 bits per heavy atom. The normalized spacial score (nSPS) is 16.3. The highest BCUT2D eigenvalue weighted by Crippen LogP contribution is 2.46. The SMILES string of the molecule is CC1(c2cc(-c3ccc(F)cc3F)cc(C(=O)O)c2O)CCCC1. The monoisotopic (exact) mass is 332 g/mol. The molecule has 0 saturated heterocycles. The molecule has 3 rings (SSSR count). The summed E-state index contributed by atoms with van der Waals surface area (Å²) in [5.74, 6) is -3.01. The molecule has 0 heterocycles. The number of hydrogen-bond donors (Lipinski definition) is 2. The quantitative estimate of drug-likeness (QED) is 0.843. The fraction of sp³-hybridized carbons (Fsp3) is 0.316. The summed E-state index contributed by atoms with van der Waals surface area (Å²) in [6, 6.07) is 6.03. The Labute approximate surface area is 138 Å². The van der Waals surface area contributed by atoms with Crippen LogP contribution in [-0.2, 0) is 5.41 Å². The molecular formula is C19H18F2O3. The maximum Gasteiger partial charge on any atom is 0.339 e. The van der Waals surface area contributed by atoms with Gasteiger partial charge in [0.15, 0.2) is 0 Å². The maximum atomic E-state index is 14.1. The van der Waals surface area contributed by atoms with Gasteiger partial charge in [0.05, 0.1) is 0 Å². The molecule has 0 radical (unpaired) electrons. The molecule has 0 aliphatic heterocycles. The zero-order valence-corrected chi connectivity index (χ0v) is 13.3. The molecule has 1 aliphatic carbocycles. The lowest BCUT2D eigenvalue weighted by molar-refractivity contribution is 0.0693. The summed E-state index contributed by atoms with van der Waals surface area (Å²) in [5.41, 5.74) is 0.339. The minimum Gasteiger partial charge on any atom is -0.507 e. The van der Waals surface area contributed by atoms with Gasteiger partial charge in [0.2, 0.25) is 0 Å². The van der Waals surface area contributed by atoms with E-state index in [1.807, 2.05) is 6.92 Å². The molecule has 1 aliphatic rings. The topological polar surface area (TPSA) is 57.5 Å². The molecule has 1 saturated carbocycles. The predicted molar refractivity (Wildman–Crippen MR) is 86.2 cm³/mol. The Hall–Kier alpha value is -2.43. The van der Waals surface area contributed by atoms with Crippen LogP contribution in [0.1, 0.15) is 48.5 Å². The van der Waals surface area contributed by atoms with Gasteiger partial charge in [0.1, 0.15) is 22.9 Å². The smallest absolute Gasteiger partial charge is 0.339 e. The number of carboxylic acids is 1. The third-order valence-corrected chi connectivity index (χ3v) is 4.94. The molecule has 1 fully saturated rings. The standard InChI is InChI=1S/C19H18F2O3/c1-19(6-2-3-7-19)15-9-11(8-14(17(15)22)18(23)24)13-5-4-12(20)10-16(13)21/h4-5,8-10,22H,2-3,6-7H2,1H3,(H,23,24). The van der Waals surface area contributed by atoms with E-state index in [0.717, 1.165) is 37.8 Å². The van der Waals surface area contributed by atoms with Crippen LogP contribution in [-0.4, -0.2) is 16.2 Å². The number of carbonyl (C=O) groups is 1. The number of rotatable bonds is 3. The van der Waals surface area contributed by atoms with Gasteiger partial charge in [-0.1, -0.05) is 19.8 Å². The van der Waals surface area contributed by atoms with Crippen molar-refractivity contribution >= 4 is 5.97 Å². The van der Waals surface area contributed by atoms with Gasteiger partial charge in [-0.2, -0.15) is 0 Å². The maximum absolute atomic E-state index is 14.1. The van der Waals surface area contributed by atoms with Crippen molar-refractivity contribution in [2.24, 2.45) is 0 Å². The highest BCUT2D eigenvalue weighted by molar-refractivity contribution is 5.93. The lowest BCUT2D eigenvalue weighted by atomic mass is 9.78. The first-order chi connectivity index (χ1) is 11.3. The van der Waals surface area contributed by atoms with Crippen LogP contribution in [0, 0.1) is 11.6 Å². The molecule has 5 heteroatoms. The van der Waals surface area contributed by atoms with Crippen LogP contribution < -0.4 is 0 Å². The summed E-state index contributed by atoms with van der Waals surface area (Å²) in [4.78, 5) is 11.5. The van der Waals surface area contributed by atoms with E-state index in [1.54, 1.807) is 6.07 Å². The van der Waals surface area contributed by atoms with Crippen molar-refractivity contribution in [1.29, 1.82) is 0 Å². The summed E-state index contributed by atoms with van der Waals surface area (Å²) >= 11 is 0. The van der Waals surface area contributed by atoms with Crippen molar-refractivity contribution in [3.63, 3.8) is 0 Å². The summed E-state index contributed by atoms with van der Waals surface area (Å²) in [6.07, 6.45) is 3.64. The van der Waals surface area contributed by atoms with Gasteiger partial charge in [-0.3, -0.25) is 0 Å². The first-order valence-electron chi connectivity index (χ1n) is 7.88. The highest BCUT2D eigenvalue weighted by Gasteiger charge is 2.35. The molecule has 0 atom stereocenters. The zero-order valence-electron chi connectivity index (χ0n) is 13.3. The Morgan fingerprint density at radius 2 is 1.79 bits per heavy atom. The summed E-state index contributed by atoms with van der Waals surface area (Å²) in [5, 5.41) is 19.8. The van der Waals surface area contributed by atoms with Crippen LogP contribution in [0.3, 0.4) is 0 Å². The van der Waals surface area contributed by atoms with E-state index in [2.05, 4.69) is 0 Å². The van der Waals surface area contributed by atoms with E-state index in [4.69, 9.17) is 0 Å². The second-order valence-corrected chi connectivity index (χ2v) is 6.62. The highest BCUT2D eigenvalue weighted by atomic mass is 19.1. The predicted octanol–water partition coefficient (Wildman–Crippen LogP) is 4.87. The van der Waals surface area contributed by atoms with Gasteiger partial charge in [0.25, 0.3) is 0 Å². The number of aromatic carboxylic acids is 1. The minimum atomic E-state index is -1.28. The molecule has 0 spiro atoms. The van der Waals surface area contributed by atoms with Crippen LogP contribution in [0.25, 0.3) is 11.1 Å². The zero-order chi connectivity index (χ0) is 17.5. The van der Waals surface area contributed by atoms with Gasteiger partial charge < -0.3 is 10.2 Å².